The summed E-state index contributed by atoms with van der Waals surface area (Å²) in [5.74, 6) is -0.0417. The third-order valence-corrected chi connectivity index (χ3v) is 5.94. The zero-order valence-corrected chi connectivity index (χ0v) is 16.9. The Labute approximate surface area is 176 Å². The lowest BCUT2D eigenvalue weighted by molar-refractivity contribution is -0.140. The topological polar surface area (TPSA) is 64.8 Å². The van der Waals surface area contributed by atoms with Gasteiger partial charge in [-0.05, 0) is 55.7 Å². The van der Waals surface area contributed by atoms with E-state index in [-0.39, 0.29) is 11.8 Å². The van der Waals surface area contributed by atoms with E-state index in [9.17, 15) is 18.0 Å². The maximum Gasteiger partial charge on any atom is 0.433 e. The summed E-state index contributed by atoms with van der Waals surface area (Å²) in [6, 6.07) is 11.9. The average Bonchev–Trinajstić information content (AvgIpc) is 3.35. The highest BCUT2D eigenvalue weighted by atomic mass is 19.4. The minimum absolute atomic E-state index is 0.0212. The van der Waals surface area contributed by atoms with Crippen molar-refractivity contribution in [3.05, 3.63) is 65.1 Å². The van der Waals surface area contributed by atoms with E-state index in [4.69, 9.17) is 0 Å². The highest BCUT2D eigenvalue weighted by Gasteiger charge is 2.33. The highest BCUT2D eigenvalue weighted by molar-refractivity contribution is 5.98. The molecule has 1 fully saturated rings. The van der Waals surface area contributed by atoms with Gasteiger partial charge in [-0.25, -0.2) is 4.98 Å². The van der Waals surface area contributed by atoms with E-state index < -0.39 is 11.9 Å². The molecule has 0 radical (unpaired) electrons. The molecule has 0 aliphatic carbocycles. The number of nitrogens with zero attached hydrogens (tertiary/aromatic N) is 2. The van der Waals surface area contributed by atoms with Crippen LogP contribution in [0.4, 0.5) is 13.2 Å². The van der Waals surface area contributed by atoms with Crippen molar-refractivity contribution >= 4 is 27.8 Å². The van der Waals surface area contributed by atoms with Crippen LogP contribution in [0, 0.1) is 6.92 Å². The van der Waals surface area contributed by atoms with Crippen molar-refractivity contribution < 1.29 is 18.0 Å². The quantitative estimate of drug-likeness (QED) is 0.451. The number of halogens is 3. The van der Waals surface area contributed by atoms with E-state index in [1.807, 2.05) is 36.1 Å². The molecule has 1 aliphatic rings. The number of H-pyrrole nitrogens is 2. The number of benzene rings is 1. The first-order chi connectivity index (χ1) is 14.8. The number of pyridine rings is 1. The molecule has 4 heterocycles. The largest absolute Gasteiger partial charge is 0.433 e. The van der Waals surface area contributed by atoms with Gasteiger partial charge in [0.25, 0.3) is 5.91 Å². The Hall–Kier alpha value is -3.29. The number of aromatic amines is 2. The van der Waals surface area contributed by atoms with Crippen molar-refractivity contribution in [2.75, 3.05) is 13.1 Å². The van der Waals surface area contributed by atoms with E-state index in [1.54, 1.807) is 6.07 Å². The Kier molecular flexibility index (Phi) is 4.53. The second-order valence-electron chi connectivity index (χ2n) is 8.22. The third kappa shape index (κ3) is 3.66. The highest BCUT2D eigenvalue weighted by Crippen LogP contribution is 2.32. The third-order valence-electron chi connectivity index (χ3n) is 5.94. The first kappa shape index (κ1) is 19.7. The molecule has 160 valence electrons. The standard InChI is InChI=1S/C23H21F3N4O/c1-13-4-5-14-10-20(28-17(14)9-13)22(31)30-8-2-3-15(12-30)18-11-19-16(27-18)6-7-21(29-19)23(24,25)26/h4-7,9-11,15,27-28H,2-3,8,12H2,1H3/t15-/m1/s1. The molecule has 31 heavy (non-hydrogen) atoms. The molecule has 2 N–H and O–H groups in total. The van der Waals surface area contributed by atoms with Gasteiger partial charge in [0.2, 0.25) is 0 Å². The fourth-order valence-corrected chi connectivity index (χ4v) is 4.35. The van der Waals surface area contributed by atoms with Gasteiger partial charge in [-0.3, -0.25) is 4.79 Å². The Balaban J connectivity index is 1.38. The lowest BCUT2D eigenvalue weighted by Crippen LogP contribution is -2.39. The van der Waals surface area contributed by atoms with Crippen molar-refractivity contribution in [2.45, 2.75) is 31.9 Å². The second kappa shape index (κ2) is 7.14. The molecule has 1 atom stereocenters. The molecule has 8 heteroatoms. The van der Waals surface area contributed by atoms with Gasteiger partial charge in [-0.2, -0.15) is 13.2 Å². The fourth-order valence-electron chi connectivity index (χ4n) is 4.35. The van der Waals surface area contributed by atoms with E-state index in [0.29, 0.717) is 29.8 Å². The maximum absolute atomic E-state index is 13.1. The Morgan fingerprint density at radius 2 is 1.94 bits per heavy atom. The summed E-state index contributed by atoms with van der Waals surface area (Å²) >= 11 is 0. The van der Waals surface area contributed by atoms with Crippen LogP contribution in [0.5, 0.6) is 0 Å². The summed E-state index contributed by atoms with van der Waals surface area (Å²) in [5.41, 5.74) is 3.37. The van der Waals surface area contributed by atoms with E-state index in [1.165, 1.54) is 6.07 Å². The normalized spacial score (nSPS) is 17.5. The lowest BCUT2D eigenvalue weighted by atomic mass is 9.94. The number of aryl methyl sites for hydroxylation is 1. The van der Waals surface area contributed by atoms with Crippen molar-refractivity contribution in [2.24, 2.45) is 0 Å². The number of amides is 1. The van der Waals surface area contributed by atoms with Gasteiger partial charge >= 0.3 is 6.18 Å². The Morgan fingerprint density at radius 1 is 1.10 bits per heavy atom. The number of aromatic nitrogens is 3. The number of alkyl halides is 3. The molecular weight excluding hydrogens is 405 g/mol. The van der Waals surface area contributed by atoms with Gasteiger partial charge in [0, 0.05) is 35.6 Å². The summed E-state index contributed by atoms with van der Waals surface area (Å²) in [5, 5.41) is 0.990. The van der Waals surface area contributed by atoms with E-state index >= 15 is 0 Å². The first-order valence-corrected chi connectivity index (χ1v) is 10.2. The summed E-state index contributed by atoms with van der Waals surface area (Å²) in [7, 11) is 0. The van der Waals surface area contributed by atoms with Crippen LogP contribution in [0.3, 0.4) is 0 Å². The molecule has 5 nitrogen and oxygen atoms in total. The zero-order chi connectivity index (χ0) is 21.8. The molecule has 1 amide bonds. The predicted octanol–water partition coefficient (Wildman–Crippen LogP) is 5.39. The summed E-state index contributed by atoms with van der Waals surface area (Å²) in [4.78, 5) is 25.1. The van der Waals surface area contributed by atoms with Crippen molar-refractivity contribution in [1.29, 1.82) is 0 Å². The van der Waals surface area contributed by atoms with Crippen LogP contribution in [-0.4, -0.2) is 38.8 Å². The van der Waals surface area contributed by atoms with Crippen LogP contribution >= 0.6 is 0 Å². The monoisotopic (exact) mass is 426 g/mol. The number of carbonyl (C=O) groups is 1. The molecule has 1 aromatic carbocycles. The number of carbonyl (C=O) groups excluding carboxylic acids is 1. The summed E-state index contributed by atoms with van der Waals surface area (Å²) in [6.45, 7) is 3.16. The fraction of sp³-hybridized carbons (Fsp3) is 0.304. The van der Waals surface area contributed by atoms with Gasteiger partial charge in [0.1, 0.15) is 11.4 Å². The molecule has 5 rings (SSSR count). The van der Waals surface area contributed by atoms with Crippen LogP contribution in [0.1, 0.15) is 46.2 Å². The Morgan fingerprint density at radius 3 is 2.74 bits per heavy atom. The molecule has 0 saturated carbocycles. The Bertz CT molecular complexity index is 1290. The lowest BCUT2D eigenvalue weighted by Gasteiger charge is -2.32. The van der Waals surface area contributed by atoms with Gasteiger partial charge in [-0.15, -0.1) is 0 Å². The van der Waals surface area contributed by atoms with Gasteiger partial charge in [-0.1, -0.05) is 12.1 Å². The zero-order valence-electron chi connectivity index (χ0n) is 16.9. The number of hydrogen-bond acceptors (Lipinski definition) is 2. The van der Waals surface area contributed by atoms with E-state index in [2.05, 4.69) is 15.0 Å². The summed E-state index contributed by atoms with van der Waals surface area (Å²) in [6.07, 6.45) is -2.79. The molecular formula is C23H21F3N4O. The van der Waals surface area contributed by atoms with Crippen LogP contribution in [0.15, 0.2) is 42.5 Å². The molecule has 1 saturated heterocycles. The molecule has 0 bridgehead atoms. The van der Waals surface area contributed by atoms with Crippen molar-refractivity contribution in [1.82, 2.24) is 19.9 Å². The summed E-state index contributed by atoms with van der Waals surface area (Å²) < 4.78 is 38.9. The minimum atomic E-state index is -4.47. The molecule has 0 unspecified atom stereocenters. The van der Waals surface area contributed by atoms with Crippen LogP contribution in [-0.2, 0) is 6.18 Å². The predicted molar refractivity (Wildman–Crippen MR) is 112 cm³/mol. The van der Waals surface area contributed by atoms with Crippen LogP contribution in [0.2, 0.25) is 0 Å². The number of rotatable bonds is 2. The molecule has 3 aromatic heterocycles. The average molecular weight is 426 g/mol. The maximum atomic E-state index is 13.1. The molecule has 0 spiro atoms. The minimum Gasteiger partial charge on any atom is -0.357 e. The SMILES string of the molecule is Cc1ccc2cc(C(=O)N3CCC[C@@H](c4cc5nc(C(F)(F)F)ccc5[nH]4)C3)[nH]c2c1. The van der Waals surface area contributed by atoms with Crippen LogP contribution in [0.25, 0.3) is 21.9 Å². The molecule has 1 aliphatic heterocycles. The number of likely N-dealkylation sites (tertiary alicyclic amines) is 1. The van der Waals surface area contributed by atoms with Crippen molar-refractivity contribution in [3.8, 4) is 0 Å². The van der Waals surface area contributed by atoms with Gasteiger partial charge < -0.3 is 14.9 Å². The van der Waals surface area contributed by atoms with E-state index in [0.717, 1.165) is 41.1 Å². The van der Waals surface area contributed by atoms with Gasteiger partial charge in [0.15, 0.2) is 0 Å². The number of piperidine rings is 1. The van der Waals surface area contributed by atoms with Crippen LogP contribution < -0.4 is 0 Å². The second-order valence-corrected chi connectivity index (χ2v) is 8.22. The smallest absolute Gasteiger partial charge is 0.357 e. The first-order valence-electron chi connectivity index (χ1n) is 10.2. The number of hydrogen-bond donors (Lipinski definition) is 2. The van der Waals surface area contributed by atoms with Gasteiger partial charge in [0.05, 0.1) is 11.0 Å². The molecule has 4 aromatic rings. The van der Waals surface area contributed by atoms with Crippen molar-refractivity contribution in [3.63, 3.8) is 0 Å². The number of fused-ring (bicyclic) bond motifs is 2. The number of nitrogens with one attached hydrogen (secondary N) is 2.